The predicted octanol–water partition coefficient (Wildman–Crippen LogP) is 2.61. The maximum Gasteiger partial charge on any atom is 0.226 e. The van der Waals surface area contributed by atoms with Gasteiger partial charge >= 0.3 is 0 Å². The molecule has 0 spiro atoms. The van der Waals surface area contributed by atoms with Crippen molar-refractivity contribution in [2.45, 2.75) is 25.3 Å². The molecule has 0 unspecified atom stereocenters. The van der Waals surface area contributed by atoms with Crippen LogP contribution in [-0.2, 0) is 4.79 Å². The summed E-state index contributed by atoms with van der Waals surface area (Å²) in [6.45, 7) is 1.19. The van der Waals surface area contributed by atoms with Crippen LogP contribution in [0.15, 0.2) is 48.9 Å². The Hall–Kier alpha value is -2.43. The summed E-state index contributed by atoms with van der Waals surface area (Å²) in [5.41, 5.74) is 0.921. The third kappa shape index (κ3) is 3.42. The minimum absolute atomic E-state index is 0.0761. The van der Waals surface area contributed by atoms with Gasteiger partial charge in [-0.15, -0.1) is 0 Å². The number of hydrogen-bond donors (Lipinski definition) is 0. The van der Waals surface area contributed by atoms with Crippen molar-refractivity contribution < 1.29 is 9.53 Å². The van der Waals surface area contributed by atoms with Gasteiger partial charge in [0.05, 0.1) is 24.8 Å². The van der Waals surface area contributed by atoms with Gasteiger partial charge in [-0.3, -0.25) is 4.79 Å². The Morgan fingerprint density at radius 1 is 1.27 bits per heavy atom. The number of aromatic nitrogens is 2. The molecule has 22 heavy (non-hydrogen) atoms. The molecular weight excluding hydrogens is 278 g/mol. The first kappa shape index (κ1) is 14.5. The number of amides is 1. The predicted molar refractivity (Wildman–Crippen MR) is 82.3 cm³/mol. The Labute approximate surface area is 130 Å². The van der Waals surface area contributed by atoms with E-state index < -0.39 is 0 Å². The molecule has 1 aromatic heterocycles. The Morgan fingerprint density at radius 3 is 2.91 bits per heavy atom. The molecule has 0 saturated carbocycles. The Bertz CT molecular complexity index is 604. The molecule has 0 bridgehead atoms. The van der Waals surface area contributed by atoms with Gasteiger partial charge in [-0.25, -0.2) is 9.97 Å². The SMILES string of the molecule is O=C(CCOc1ccccc1)N1CCC[C@@H]1c1ccncn1. The van der Waals surface area contributed by atoms with Crippen LogP contribution in [0.2, 0.25) is 0 Å². The van der Waals surface area contributed by atoms with E-state index in [0.29, 0.717) is 13.0 Å². The number of carbonyl (C=O) groups is 1. The van der Waals surface area contributed by atoms with Crippen LogP contribution < -0.4 is 4.74 Å². The summed E-state index contributed by atoms with van der Waals surface area (Å²) in [4.78, 5) is 22.6. The van der Waals surface area contributed by atoms with Crippen molar-refractivity contribution in [3.8, 4) is 5.75 Å². The largest absolute Gasteiger partial charge is 0.493 e. The van der Waals surface area contributed by atoms with Crippen LogP contribution in [-0.4, -0.2) is 33.9 Å². The number of carbonyl (C=O) groups excluding carboxylic acids is 1. The highest BCUT2D eigenvalue weighted by atomic mass is 16.5. The lowest BCUT2D eigenvalue weighted by atomic mass is 10.1. The number of para-hydroxylation sites is 1. The first-order valence-corrected chi connectivity index (χ1v) is 7.58. The first-order chi connectivity index (χ1) is 10.8. The van der Waals surface area contributed by atoms with Crippen molar-refractivity contribution in [2.24, 2.45) is 0 Å². The van der Waals surface area contributed by atoms with Crippen LogP contribution in [0.3, 0.4) is 0 Å². The van der Waals surface area contributed by atoms with E-state index in [2.05, 4.69) is 9.97 Å². The lowest BCUT2D eigenvalue weighted by Crippen LogP contribution is -2.31. The second kappa shape index (κ2) is 7.02. The maximum atomic E-state index is 12.4. The molecule has 1 aliphatic heterocycles. The fourth-order valence-electron chi connectivity index (χ4n) is 2.79. The van der Waals surface area contributed by atoms with E-state index in [4.69, 9.17) is 4.74 Å². The zero-order valence-corrected chi connectivity index (χ0v) is 12.4. The molecular formula is C17H19N3O2. The van der Waals surface area contributed by atoms with E-state index in [-0.39, 0.29) is 11.9 Å². The third-order valence-corrected chi connectivity index (χ3v) is 3.85. The van der Waals surface area contributed by atoms with Gasteiger partial charge in [0.25, 0.3) is 0 Å². The van der Waals surface area contributed by atoms with Gasteiger partial charge in [0.2, 0.25) is 5.91 Å². The molecule has 0 N–H and O–H groups in total. The number of hydrogen-bond acceptors (Lipinski definition) is 4. The lowest BCUT2D eigenvalue weighted by Gasteiger charge is -2.24. The summed E-state index contributed by atoms with van der Waals surface area (Å²) in [6.07, 6.45) is 5.62. The van der Waals surface area contributed by atoms with E-state index in [9.17, 15) is 4.79 Å². The molecule has 1 aliphatic rings. The van der Waals surface area contributed by atoms with Crippen LogP contribution >= 0.6 is 0 Å². The molecule has 1 amide bonds. The highest BCUT2D eigenvalue weighted by Crippen LogP contribution is 2.30. The van der Waals surface area contributed by atoms with E-state index in [1.165, 1.54) is 6.33 Å². The average Bonchev–Trinajstić information content (AvgIpc) is 3.06. The average molecular weight is 297 g/mol. The normalized spacial score (nSPS) is 17.5. The van der Waals surface area contributed by atoms with Crippen LogP contribution in [0.1, 0.15) is 31.0 Å². The number of likely N-dealkylation sites (tertiary alicyclic amines) is 1. The van der Waals surface area contributed by atoms with E-state index >= 15 is 0 Å². The van der Waals surface area contributed by atoms with Gasteiger partial charge in [-0.1, -0.05) is 18.2 Å². The number of ether oxygens (including phenoxy) is 1. The van der Waals surface area contributed by atoms with E-state index in [1.54, 1.807) is 6.20 Å². The molecule has 1 fully saturated rings. The molecule has 3 rings (SSSR count). The van der Waals surface area contributed by atoms with Gasteiger partial charge in [0.1, 0.15) is 12.1 Å². The quantitative estimate of drug-likeness (QED) is 0.851. The Kier molecular flexibility index (Phi) is 4.63. The van der Waals surface area contributed by atoms with Crippen molar-refractivity contribution >= 4 is 5.91 Å². The molecule has 0 aliphatic carbocycles. The smallest absolute Gasteiger partial charge is 0.226 e. The summed E-state index contributed by atoms with van der Waals surface area (Å²) >= 11 is 0. The third-order valence-electron chi connectivity index (χ3n) is 3.85. The second-order valence-electron chi connectivity index (χ2n) is 5.29. The summed E-state index contributed by atoms with van der Waals surface area (Å²) in [6, 6.07) is 11.5. The van der Waals surface area contributed by atoms with Gasteiger partial charge < -0.3 is 9.64 Å². The van der Waals surface area contributed by atoms with Crippen molar-refractivity contribution in [3.63, 3.8) is 0 Å². The molecule has 5 heteroatoms. The molecule has 1 atom stereocenters. The van der Waals surface area contributed by atoms with Gasteiger partial charge in [0.15, 0.2) is 0 Å². The molecule has 2 heterocycles. The van der Waals surface area contributed by atoms with E-state index in [1.807, 2.05) is 41.3 Å². The van der Waals surface area contributed by atoms with Crippen molar-refractivity contribution in [2.75, 3.05) is 13.2 Å². The lowest BCUT2D eigenvalue weighted by molar-refractivity contribution is -0.132. The van der Waals surface area contributed by atoms with Crippen molar-refractivity contribution in [3.05, 3.63) is 54.6 Å². The molecule has 1 aromatic carbocycles. The summed E-state index contributed by atoms with van der Waals surface area (Å²) in [7, 11) is 0. The topological polar surface area (TPSA) is 55.3 Å². The second-order valence-corrected chi connectivity index (χ2v) is 5.29. The summed E-state index contributed by atoms with van der Waals surface area (Å²) in [5.74, 6) is 0.918. The van der Waals surface area contributed by atoms with Crippen molar-refractivity contribution in [1.82, 2.24) is 14.9 Å². The Balaban J connectivity index is 1.55. The summed E-state index contributed by atoms with van der Waals surface area (Å²) in [5, 5.41) is 0. The highest BCUT2D eigenvalue weighted by molar-refractivity contribution is 5.77. The molecule has 0 radical (unpaired) electrons. The molecule has 5 nitrogen and oxygen atoms in total. The fourth-order valence-corrected chi connectivity index (χ4v) is 2.79. The van der Waals surface area contributed by atoms with Gasteiger partial charge in [-0.05, 0) is 31.0 Å². The minimum Gasteiger partial charge on any atom is -0.493 e. The van der Waals surface area contributed by atoms with Crippen LogP contribution in [0, 0.1) is 0 Å². The summed E-state index contributed by atoms with van der Waals surface area (Å²) < 4.78 is 5.60. The van der Waals surface area contributed by atoms with Crippen LogP contribution in [0.5, 0.6) is 5.75 Å². The van der Waals surface area contributed by atoms with Crippen LogP contribution in [0.25, 0.3) is 0 Å². The monoisotopic (exact) mass is 297 g/mol. The fraction of sp³-hybridized carbons (Fsp3) is 0.353. The number of rotatable bonds is 5. The van der Waals surface area contributed by atoms with Gasteiger partial charge in [-0.2, -0.15) is 0 Å². The zero-order valence-electron chi connectivity index (χ0n) is 12.4. The first-order valence-electron chi connectivity index (χ1n) is 7.58. The number of nitrogens with zero attached hydrogens (tertiary/aromatic N) is 3. The van der Waals surface area contributed by atoms with E-state index in [0.717, 1.165) is 30.8 Å². The zero-order chi connectivity index (χ0) is 15.2. The standard InChI is InChI=1S/C17H19N3O2/c21-17(9-12-22-14-5-2-1-3-6-14)20-11-4-7-16(20)15-8-10-18-13-19-15/h1-3,5-6,8,10,13,16H,4,7,9,11-12H2/t16-/m1/s1. The number of benzene rings is 1. The molecule has 2 aromatic rings. The minimum atomic E-state index is 0.0761. The van der Waals surface area contributed by atoms with Gasteiger partial charge in [0, 0.05) is 12.7 Å². The highest BCUT2D eigenvalue weighted by Gasteiger charge is 2.30. The molecule has 114 valence electrons. The van der Waals surface area contributed by atoms with Crippen LogP contribution in [0.4, 0.5) is 0 Å². The molecule has 1 saturated heterocycles. The Morgan fingerprint density at radius 2 is 2.14 bits per heavy atom. The maximum absolute atomic E-state index is 12.4. The van der Waals surface area contributed by atoms with Crippen molar-refractivity contribution in [1.29, 1.82) is 0 Å².